The summed E-state index contributed by atoms with van der Waals surface area (Å²) in [6.07, 6.45) is 1.41. The fourth-order valence-corrected chi connectivity index (χ4v) is 0.586. The van der Waals surface area contributed by atoms with E-state index in [1.807, 2.05) is 0 Å². The molecule has 62 valence electrons. The second kappa shape index (κ2) is 3.75. The number of rotatable bonds is 3. The first-order valence-electron chi connectivity index (χ1n) is 3.14. The molecule has 0 aromatic heterocycles. The van der Waals surface area contributed by atoms with E-state index in [4.69, 9.17) is 5.73 Å². The topological polar surface area (TPSA) is 63.4 Å². The van der Waals surface area contributed by atoms with E-state index in [0.717, 1.165) is 0 Å². The van der Waals surface area contributed by atoms with Crippen LogP contribution in [0.5, 0.6) is 0 Å². The summed E-state index contributed by atoms with van der Waals surface area (Å²) >= 11 is 0. The summed E-state index contributed by atoms with van der Waals surface area (Å²) in [6, 6.07) is 0. The van der Waals surface area contributed by atoms with Crippen LogP contribution in [0.3, 0.4) is 0 Å². The molecular formula is C7H12N2O2. The van der Waals surface area contributed by atoms with Crippen LogP contribution in [0.15, 0.2) is 11.8 Å². The first-order valence-corrected chi connectivity index (χ1v) is 3.14. The van der Waals surface area contributed by atoms with Crippen molar-refractivity contribution in [3.8, 4) is 0 Å². The molecule has 0 aliphatic rings. The Balaban J connectivity index is 4.60. The van der Waals surface area contributed by atoms with Crippen molar-refractivity contribution in [2.24, 2.45) is 5.73 Å². The molecule has 11 heavy (non-hydrogen) atoms. The van der Waals surface area contributed by atoms with Crippen molar-refractivity contribution in [1.82, 2.24) is 4.90 Å². The van der Waals surface area contributed by atoms with Gasteiger partial charge >= 0.3 is 0 Å². The van der Waals surface area contributed by atoms with E-state index >= 15 is 0 Å². The third kappa shape index (κ3) is 3.40. The van der Waals surface area contributed by atoms with Gasteiger partial charge in [-0.1, -0.05) is 0 Å². The highest BCUT2D eigenvalue weighted by atomic mass is 16.2. The van der Waals surface area contributed by atoms with Crippen molar-refractivity contribution in [3.05, 3.63) is 11.8 Å². The average Bonchev–Trinajstić information content (AvgIpc) is 1.81. The highest BCUT2D eigenvalue weighted by Crippen LogP contribution is 1.95. The fourth-order valence-electron chi connectivity index (χ4n) is 0.586. The predicted octanol–water partition coefficient (Wildman–Crippen LogP) is -0.494. The molecule has 0 fully saturated rings. The lowest BCUT2D eigenvalue weighted by atomic mass is 10.2. The van der Waals surface area contributed by atoms with Gasteiger partial charge in [0.1, 0.15) is 0 Å². The van der Waals surface area contributed by atoms with Gasteiger partial charge in [-0.15, -0.1) is 0 Å². The highest BCUT2D eigenvalue weighted by Gasteiger charge is 2.09. The zero-order valence-electron chi connectivity index (χ0n) is 6.92. The molecular weight excluding hydrogens is 144 g/mol. The van der Waals surface area contributed by atoms with E-state index in [0.29, 0.717) is 0 Å². The Hall–Kier alpha value is -1.32. The Morgan fingerprint density at radius 1 is 1.36 bits per heavy atom. The Bertz CT molecular complexity index is 190. The summed E-state index contributed by atoms with van der Waals surface area (Å²) in [6.45, 7) is 1.31. The van der Waals surface area contributed by atoms with Crippen LogP contribution in [0.4, 0.5) is 0 Å². The van der Waals surface area contributed by atoms with Gasteiger partial charge in [0.15, 0.2) is 5.78 Å². The summed E-state index contributed by atoms with van der Waals surface area (Å²) in [7, 11) is 3.43. The SMILES string of the molecule is CC(=O)C(=CN(C)C)C(N)=O. The molecule has 4 heteroatoms. The van der Waals surface area contributed by atoms with Crippen LogP contribution < -0.4 is 5.73 Å². The monoisotopic (exact) mass is 156 g/mol. The molecule has 0 aliphatic carbocycles. The molecule has 0 saturated heterocycles. The summed E-state index contributed by atoms with van der Waals surface area (Å²) in [5, 5.41) is 0. The van der Waals surface area contributed by atoms with Gasteiger partial charge in [-0.25, -0.2) is 0 Å². The number of hydrogen-bond acceptors (Lipinski definition) is 3. The summed E-state index contributed by atoms with van der Waals surface area (Å²) in [5.41, 5.74) is 4.95. The Labute approximate surface area is 65.7 Å². The molecule has 0 aromatic rings. The number of nitrogens with two attached hydrogens (primary N) is 1. The van der Waals surface area contributed by atoms with Crippen molar-refractivity contribution in [2.75, 3.05) is 14.1 Å². The second-order valence-electron chi connectivity index (χ2n) is 2.43. The number of carbonyl (C=O) groups is 2. The zero-order valence-corrected chi connectivity index (χ0v) is 6.92. The summed E-state index contributed by atoms with van der Waals surface area (Å²) in [5.74, 6) is -1.00. The molecule has 0 heterocycles. The van der Waals surface area contributed by atoms with Crippen LogP contribution in [0.2, 0.25) is 0 Å². The average molecular weight is 156 g/mol. The van der Waals surface area contributed by atoms with Gasteiger partial charge in [-0.05, 0) is 6.92 Å². The molecule has 0 atom stereocenters. The molecule has 2 N–H and O–H groups in total. The van der Waals surface area contributed by atoms with Crippen LogP contribution >= 0.6 is 0 Å². The first kappa shape index (κ1) is 9.68. The number of nitrogens with zero attached hydrogens (tertiary/aromatic N) is 1. The van der Waals surface area contributed by atoms with E-state index in [9.17, 15) is 9.59 Å². The van der Waals surface area contributed by atoms with Gasteiger partial charge in [-0.2, -0.15) is 0 Å². The number of ketones is 1. The zero-order chi connectivity index (χ0) is 9.02. The minimum atomic E-state index is -0.689. The molecule has 0 aromatic carbocycles. The smallest absolute Gasteiger partial charge is 0.253 e. The maximum absolute atomic E-state index is 10.7. The standard InChI is InChI=1S/C7H12N2O2/c1-5(10)6(7(8)11)4-9(2)3/h4H,1-3H3,(H2,8,11). The molecule has 0 bridgehead atoms. The van der Waals surface area contributed by atoms with Gasteiger partial charge < -0.3 is 10.6 Å². The lowest BCUT2D eigenvalue weighted by molar-refractivity contribution is -0.119. The van der Waals surface area contributed by atoms with Gasteiger partial charge in [0.05, 0.1) is 5.57 Å². The number of Topliss-reactive ketones (excluding diaryl/α,β-unsaturated/α-hetero) is 1. The van der Waals surface area contributed by atoms with E-state index in [-0.39, 0.29) is 11.4 Å². The Morgan fingerprint density at radius 2 is 1.82 bits per heavy atom. The Kier molecular flexibility index (Phi) is 3.30. The third-order valence-electron chi connectivity index (χ3n) is 1.03. The first-order chi connectivity index (χ1) is 4.95. The molecule has 0 radical (unpaired) electrons. The minimum absolute atomic E-state index is 0.0231. The third-order valence-corrected chi connectivity index (χ3v) is 1.03. The number of carbonyl (C=O) groups excluding carboxylic acids is 2. The maximum atomic E-state index is 10.7. The van der Waals surface area contributed by atoms with E-state index < -0.39 is 5.91 Å². The Morgan fingerprint density at radius 3 is 1.91 bits per heavy atom. The summed E-state index contributed by atoms with van der Waals surface area (Å²) < 4.78 is 0. The van der Waals surface area contributed by atoms with Crippen LogP contribution in [0.25, 0.3) is 0 Å². The molecule has 0 saturated carbocycles. The van der Waals surface area contributed by atoms with Crippen LogP contribution in [0, 0.1) is 0 Å². The lowest BCUT2D eigenvalue weighted by Crippen LogP contribution is -2.21. The van der Waals surface area contributed by atoms with Gasteiger partial charge in [0.2, 0.25) is 0 Å². The molecule has 0 unspecified atom stereocenters. The van der Waals surface area contributed by atoms with Crippen LogP contribution in [0.1, 0.15) is 6.92 Å². The van der Waals surface area contributed by atoms with Crippen molar-refractivity contribution >= 4 is 11.7 Å². The molecule has 4 nitrogen and oxygen atoms in total. The normalized spacial score (nSPS) is 11.0. The number of hydrogen-bond donors (Lipinski definition) is 1. The fraction of sp³-hybridized carbons (Fsp3) is 0.429. The molecule has 0 rings (SSSR count). The quantitative estimate of drug-likeness (QED) is 0.340. The maximum Gasteiger partial charge on any atom is 0.253 e. The molecule has 1 amide bonds. The van der Waals surface area contributed by atoms with E-state index in [1.165, 1.54) is 13.1 Å². The van der Waals surface area contributed by atoms with Gasteiger partial charge in [0, 0.05) is 20.3 Å². The lowest BCUT2D eigenvalue weighted by Gasteiger charge is -2.06. The largest absolute Gasteiger partial charge is 0.383 e. The predicted molar refractivity (Wildman–Crippen MR) is 41.6 cm³/mol. The summed E-state index contributed by atoms with van der Waals surface area (Å²) in [4.78, 5) is 22.9. The van der Waals surface area contributed by atoms with Crippen molar-refractivity contribution < 1.29 is 9.59 Å². The highest BCUT2D eigenvalue weighted by molar-refractivity contribution is 6.17. The van der Waals surface area contributed by atoms with Crippen LogP contribution in [-0.2, 0) is 9.59 Å². The molecule has 0 aliphatic heterocycles. The van der Waals surface area contributed by atoms with E-state index in [1.54, 1.807) is 19.0 Å². The molecule has 0 spiro atoms. The van der Waals surface area contributed by atoms with Crippen LogP contribution in [-0.4, -0.2) is 30.7 Å². The van der Waals surface area contributed by atoms with Crippen molar-refractivity contribution in [1.29, 1.82) is 0 Å². The minimum Gasteiger partial charge on any atom is -0.383 e. The van der Waals surface area contributed by atoms with Crippen molar-refractivity contribution in [2.45, 2.75) is 6.92 Å². The van der Waals surface area contributed by atoms with Gasteiger partial charge in [-0.3, -0.25) is 9.59 Å². The van der Waals surface area contributed by atoms with Gasteiger partial charge in [0.25, 0.3) is 5.91 Å². The second-order valence-corrected chi connectivity index (χ2v) is 2.43. The number of amides is 1. The van der Waals surface area contributed by atoms with Crippen molar-refractivity contribution in [3.63, 3.8) is 0 Å². The van der Waals surface area contributed by atoms with E-state index in [2.05, 4.69) is 0 Å². The number of primary amides is 1.